The Bertz CT molecular complexity index is 644. The number of thiol groups is 1. The van der Waals surface area contributed by atoms with Crippen LogP contribution in [-0.4, -0.2) is 19.6 Å². The Balaban J connectivity index is 2.41. The van der Waals surface area contributed by atoms with Crippen molar-refractivity contribution in [2.75, 3.05) is 0 Å². The Morgan fingerprint density at radius 1 is 1.58 bits per heavy atom. The number of aromatic nitrogens is 2. The smallest absolute Gasteiger partial charge is 0.342 e. The molecule has 0 amide bonds. The highest BCUT2D eigenvalue weighted by atomic mass is 79.9. The van der Waals surface area contributed by atoms with E-state index >= 15 is 0 Å². The second kappa shape index (κ2) is 5.32. The molecule has 0 bridgehead atoms. The van der Waals surface area contributed by atoms with Crippen LogP contribution < -0.4 is 0 Å². The molecule has 8 heteroatoms. The molecular weight excluding hydrogens is 334 g/mol. The molecule has 19 heavy (non-hydrogen) atoms. The average Bonchev–Trinajstić information content (AvgIpc) is 2.74. The van der Waals surface area contributed by atoms with E-state index < -0.39 is 11.0 Å². The molecule has 0 aliphatic heterocycles. The SMILES string of the molecule is Cn1c([N+](=O)[O-])cnc1C(O)c1ccc(S)c(Br)c1. The van der Waals surface area contributed by atoms with Gasteiger partial charge in [-0.3, -0.25) is 0 Å². The molecule has 1 aromatic heterocycles. The molecule has 100 valence electrons. The maximum absolute atomic E-state index is 10.7. The van der Waals surface area contributed by atoms with Crippen LogP contribution in [-0.2, 0) is 7.05 Å². The second-order valence-electron chi connectivity index (χ2n) is 3.90. The quantitative estimate of drug-likeness (QED) is 0.509. The van der Waals surface area contributed by atoms with Crippen LogP contribution in [0.2, 0.25) is 0 Å². The van der Waals surface area contributed by atoms with Crippen molar-refractivity contribution in [2.24, 2.45) is 7.05 Å². The van der Waals surface area contributed by atoms with Crippen molar-refractivity contribution in [1.82, 2.24) is 9.55 Å². The average molecular weight is 344 g/mol. The molecule has 0 aliphatic carbocycles. The lowest BCUT2D eigenvalue weighted by Gasteiger charge is -2.09. The van der Waals surface area contributed by atoms with Crippen molar-refractivity contribution in [1.29, 1.82) is 0 Å². The van der Waals surface area contributed by atoms with Crippen molar-refractivity contribution in [3.8, 4) is 0 Å². The standard InChI is InChI=1S/C11H10BrN3O3S/c1-14-9(15(17)18)5-13-11(14)10(16)6-2-3-8(19)7(12)4-6/h2-5,10,16,19H,1H3. The Morgan fingerprint density at radius 2 is 2.26 bits per heavy atom. The first-order valence-electron chi connectivity index (χ1n) is 5.24. The van der Waals surface area contributed by atoms with Crippen LogP contribution >= 0.6 is 28.6 Å². The zero-order valence-electron chi connectivity index (χ0n) is 9.82. The van der Waals surface area contributed by atoms with Gasteiger partial charge in [-0.05, 0) is 38.5 Å². The lowest BCUT2D eigenvalue weighted by molar-refractivity contribution is -0.391. The van der Waals surface area contributed by atoms with E-state index in [0.717, 1.165) is 15.6 Å². The minimum absolute atomic E-state index is 0.168. The first-order chi connectivity index (χ1) is 8.91. The first-order valence-corrected chi connectivity index (χ1v) is 6.48. The molecule has 2 aromatic rings. The third-order valence-electron chi connectivity index (χ3n) is 2.72. The summed E-state index contributed by atoms with van der Waals surface area (Å²) in [4.78, 5) is 14.8. The number of benzene rings is 1. The fourth-order valence-corrected chi connectivity index (χ4v) is 2.22. The van der Waals surface area contributed by atoms with Gasteiger partial charge < -0.3 is 15.2 Å². The van der Waals surface area contributed by atoms with Gasteiger partial charge in [-0.2, -0.15) is 0 Å². The maximum atomic E-state index is 10.7. The highest BCUT2D eigenvalue weighted by Gasteiger charge is 2.24. The molecule has 1 heterocycles. The van der Waals surface area contributed by atoms with E-state index in [1.54, 1.807) is 18.2 Å². The van der Waals surface area contributed by atoms with Crippen LogP contribution in [0, 0.1) is 10.1 Å². The summed E-state index contributed by atoms with van der Waals surface area (Å²) in [6.45, 7) is 0. The Morgan fingerprint density at radius 3 is 2.79 bits per heavy atom. The number of imidazole rings is 1. The number of nitro groups is 1. The summed E-state index contributed by atoms with van der Waals surface area (Å²) in [5.41, 5.74) is 0.577. The third kappa shape index (κ3) is 2.65. The summed E-state index contributed by atoms with van der Waals surface area (Å²) in [5, 5.41) is 21.0. The highest BCUT2D eigenvalue weighted by Crippen LogP contribution is 2.28. The largest absolute Gasteiger partial charge is 0.378 e. The molecule has 0 radical (unpaired) electrons. The van der Waals surface area contributed by atoms with Crippen LogP contribution in [0.5, 0.6) is 0 Å². The lowest BCUT2D eigenvalue weighted by Crippen LogP contribution is -2.08. The summed E-state index contributed by atoms with van der Waals surface area (Å²) in [6.07, 6.45) is 0.0875. The maximum Gasteiger partial charge on any atom is 0.342 e. The van der Waals surface area contributed by atoms with Crippen LogP contribution in [0.1, 0.15) is 17.5 Å². The van der Waals surface area contributed by atoms with Gasteiger partial charge in [0.1, 0.15) is 6.20 Å². The van der Waals surface area contributed by atoms with Crippen molar-refractivity contribution in [3.63, 3.8) is 0 Å². The van der Waals surface area contributed by atoms with E-state index in [9.17, 15) is 15.2 Å². The van der Waals surface area contributed by atoms with Gasteiger partial charge in [0, 0.05) is 9.37 Å². The number of nitrogens with zero attached hydrogens (tertiary/aromatic N) is 3. The second-order valence-corrected chi connectivity index (χ2v) is 5.24. The van der Waals surface area contributed by atoms with Crippen molar-refractivity contribution < 1.29 is 10.0 Å². The van der Waals surface area contributed by atoms with Gasteiger partial charge in [-0.25, -0.2) is 9.55 Å². The van der Waals surface area contributed by atoms with E-state index in [2.05, 4.69) is 33.5 Å². The molecule has 1 N–H and O–H groups in total. The fourth-order valence-electron chi connectivity index (χ4n) is 1.68. The fraction of sp³-hybridized carbons (Fsp3) is 0.182. The number of aliphatic hydroxyl groups excluding tert-OH is 1. The summed E-state index contributed by atoms with van der Waals surface area (Å²) in [7, 11) is 1.49. The minimum Gasteiger partial charge on any atom is -0.378 e. The zero-order valence-corrected chi connectivity index (χ0v) is 12.3. The van der Waals surface area contributed by atoms with Gasteiger partial charge in [0.05, 0.1) is 7.05 Å². The van der Waals surface area contributed by atoms with Crippen molar-refractivity contribution in [2.45, 2.75) is 11.0 Å². The van der Waals surface area contributed by atoms with Crippen LogP contribution in [0.15, 0.2) is 33.8 Å². The van der Waals surface area contributed by atoms with Gasteiger partial charge in [0.2, 0.25) is 5.82 Å². The van der Waals surface area contributed by atoms with E-state index in [4.69, 9.17) is 0 Å². The first kappa shape index (κ1) is 14.0. The molecule has 6 nitrogen and oxygen atoms in total. The summed E-state index contributed by atoms with van der Waals surface area (Å²) < 4.78 is 1.99. The Labute approximate surface area is 122 Å². The number of halogens is 1. The van der Waals surface area contributed by atoms with Crippen molar-refractivity contribution in [3.05, 3.63) is 50.4 Å². The van der Waals surface area contributed by atoms with E-state index in [0.29, 0.717) is 5.56 Å². The van der Waals surface area contributed by atoms with Gasteiger partial charge in [0.25, 0.3) is 0 Å². The third-order valence-corrected chi connectivity index (χ3v) is 4.07. The van der Waals surface area contributed by atoms with Crippen LogP contribution in [0.3, 0.4) is 0 Å². The van der Waals surface area contributed by atoms with Crippen LogP contribution in [0.4, 0.5) is 5.82 Å². The van der Waals surface area contributed by atoms with Crippen LogP contribution in [0.25, 0.3) is 0 Å². The van der Waals surface area contributed by atoms with E-state index in [1.165, 1.54) is 11.6 Å². The highest BCUT2D eigenvalue weighted by molar-refractivity contribution is 9.10. The number of hydrogen-bond donors (Lipinski definition) is 2. The molecule has 1 aromatic carbocycles. The molecule has 1 unspecified atom stereocenters. The van der Waals surface area contributed by atoms with Gasteiger partial charge >= 0.3 is 5.82 Å². The molecule has 1 atom stereocenters. The Hall–Kier alpha value is -1.38. The minimum atomic E-state index is -1.04. The summed E-state index contributed by atoms with van der Waals surface area (Å²) in [6, 6.07) is 5.12. The molecule has 0 spiro atoms. The summed E-state index contributed by atoms with van der Waals surface area (Å²) in [5.74, 6) is 0.0458. The lowest BCUT2D eigenvalue weighted by atomic mass is 10.1. The predicted molar refractivity (Wildman–Crippen MR) is 75.3 cm³/mol. The van der Waals surface area contributed by atoms with E-state index in [1.807, 2.05) is 0 Å². The normalized spacial score (nSPS) is 12.4. The monoisotopic (exact) mass is 343 g/mol. The molecular formula is C11H10BrN3O3S. The van der Waals surface area contributed by atoms with Gasteiger partial charge in [-0.1, -0.05) is 6.07 Å². The molecule has 0 aliphatic rings. The van der Waals surface area contributed by atoms with Gasteiger partial charge in [-0.15, -0.1) is 12.6 Å². The molecule has 0 saturated heterocycles. The molecule has 0 saturated carbocycles. The molecule has 2 rings (SSSR count). The zero-order chi connectivity index (χ0) is 14.2. The number of hydrogen-bond acceptors (Lipinski definition) is 5. The molecule has 0 fully saturated rings. The predicted octanol–water partition coefficient (Wildman–Crippen LogP) is 2.46. The van der Waals surface area contributed by atoms with Crippen molar-refractivity contribution >= 4 is 34.4 Å². The number of aliphatic hydroxyl groups is 1. The Kier molecular flexibility index (Phi) is 3.93. The van der Waals surface area contributed by atoms with Gasteiger partial charge in [0.15, 0.2) is 6.10 Å². The summed E-state index contributed by atoms with van der Waals surface area (Å²) >= 11 is 7.52. The topological polar surface area (TPSA) is 81.2 Å². The number of rotatable bonds is 3. The van der Waals surface area contributed by atoms with E-state index in [-0.39, 0.29) is 11.6 Å².